The Morgan fingerprint density at radius 3 is 1.17 bits per heavy atom. The average molecular weight is 422 g/mol. The molecule has 0 radical (unpaired) electrons. The van der Waals surface area contributed by atoms with Gasteiger partial charge in [0.1, 0.15) is 23.2 Å². The van der Waals surface area contributed by atoms with E-state index in [-0.39, 0.29) is 5.41 Å². The molecule has 3 rings (SSSR count). The fourth-order valence-electron chi connectivity index (χ4n) is 4.64. The van der Waals surface area contributed by atoms with Crippen molar-refractivity contribution in [1.29, 1.82) is 0 Å². The zero-order chi connectivity index (χ0) is 22.3. The van der Waals surface area contributed by atoms with Crippen LogP contribution in [0.15, 0.2) is 91.0 Å². The van der Waals surface area contributed by atoms with E-state index in [2.05, 4.69) is 105 Å². The first kappa shape index (κ1) is 24.3. The molecule has 0 spiro atoms. The Morgan fingerprint density at radius 2 is 0.900 bits per heavy atom. The summed E-state index contributed by atoms with van der Waals surface area (Å²) in [4.78, 5) is 0. The van der Waals surface area contributed by atoms with Crippen molar-refractivity contribution < 1.29 is 5.11 Å². The Balaban J connectivity index is 0.00000155. The number of hydrogen-bond acceptors (Lipinski definition) is 1. The van der Waals surface area contributed by atoms with Crippen LogP contribution in [-0.4, -0.2) is 16.9 Å². The normalized spacial score (nSPS) is 12.1. The second kappa shape index (κ2) is 10.4. The second-order valence-corrected chi connectivity index (χ2v) is 12.6. The quantitative estimate of drug-likeness (QED) is 0.451. The van der Waals surface area contributed by atoms with Gasteiger partial charge in [0.05, 0.1) is 11.8 Å². The molecule has 0 bridgehead atoms. The first-order valence-corrected chi connectivity index (χ1v) is 13.0. The zero-order valence-electron chi connectivity index (χ0n) is 19.5. The Kier molecular flexibility index (Phi) is 8.42. The minimum absolute atomic E-state index is 0.0203. The molecule has 0 amide bonds. The van der Waals surface area contributed by atoms with Gasteiger partial charge in [0.25, 0.3) is 0 Å². The monoisotopic (exact) mass is 421 g/mol. The summed E-state index contributed by atoms with van der Waals surface area (Å²) < 4.78 is 0. The summed E-state index contributed by atoms with van der Waals surface area (Å²) in [6.07, 6.45) is 1.77. The van der Waals surface area contributed by atoms with Crippen molar-refractivity contribution in [1.82, 2.24) is 0 Å². The van der Waals surface area contributed by atoms with E-state index < -0.39 is 12.9 Å². The van der Waals surface area contributed by atoms with Crippen molar-refractivity contribution in [2.45, 2.75) is 53.6 Å². The lowest BCUT2D eigenvalue weighted by Gasteiger charge is -2.37. The summed E-state index contributed by atoms with van der Waals surface area (Å²) in [6, 6.07) is 32.9. The van der Waals surface area contributed by atoms with Gasteiger partial charge >= 0.3 is 0 Å². The van der Waals surface area contributed by atoms with Gasteiger partial charge in [0.2, 0.25) is 0 Å². The van der Waals surface area contributed by atoms with Gasteiger partial charge in [0.15, 0.2) is 0 Å². The molecule has 0 fully saturated rings. The van der Waals surface area contributed by atoms with Gasteiger partial charge in [-0.3, -0.25) is 0 Å². The first-order chi connectivity index (χ1) is 14.2. The highest BCUT2D eigenvalue weighted by Crippen LogP contribution is 2.59. The topological polar surface area (TPSA) is 20.2 Å². The van der Waals surface area contributed by atoms with Crippen molar-refractivity contribution in [2.75, 3.05) is 6.16 Å². The molecule has 0 aliphatic heterocycles. The average Bonchev–Trinajstić information content (AvgIpc) is 2.74. The van der Waals surface area contributed by atoms with E-state index in [1.54, 1.807) is 0 Å². The molecule has 3 aromatic carbocycles. The highest BCUT2D eigenvalue weighted by molar-refractivity contribution is 7.95. The van der Waals surface area contributed by atoms with Crippen LogP contribution in [0.2, 0.25) is 0 Å². The summed E-state index contributed by atoms with van der Waals surface area (Å²) in [5.74, 6) is 0. The molecule has 160 valence electrons. The summed E-state index contributed by atoms with van der Waals surface area (Å²) in [6.45, 7) is 12.4. The highest BCUT2D eigenvalue weighted by atomic mass is 31.2. The molecule has 1 N–H and O–H groups in total. The van der Waals surface area contributed by atoms with E-state index in [1.165, 1.54) is 15.9 Å². The van der Waals surface area contributed by atoms with Gasteiger partial charge in [-0.2, -0.15) is 0 Å². The van der Waals surface area contributed by atoms with Crippen LogP contribution >= 0.6 is 7.26 Å². The van der Waals surface area contributed by atoms with Gasteiger partial charge in [-0.05, 0) is 56.7 Å². The van der Waals surface area contributed by atoms with Crippen molar-refractivity contribution in [3.8, 4) is 0 Å². The van der Waals surface area contributed by atoms with E-state index in [4.69, 9.17) is 0 Å². The third-order valence-electron chi connectivity index (χ3n) is 5.17. The molecular weight excluding hydrogens is 383 g/mol. The molecule has 0 atom stereocenters. The minimum Gasteiger partial charge on any atom is -0.390 e. The lowest BCUT2D eigenvalue weighted by atomic mass is 9.83. The maximum Gasteiger partial charge on any atom is 0.112 e. The summed E-state index contributed by atoms with van der Waals surface area (Å²) in [5, 5.41) is 14.8. The van der Waals surface area contributed by atoms with Crippen molar-refractivity contribution in [3.63, 3.8) is 0 Å². The van der Waals surface area contributed by atoms with Crippen LogP contribution in [-0.2, 0) is 0 Å². The maximum atomic E-state index is 10.6. The Morgan fingerprint density at radius 1 is 0.600 bits per heavy atom. The van der Waals surface area contributed by atoms with E-state index in [1.807, 2.05) is 27.7 Å². The molecule has 0 heterocycles. The van der Waals surface area contributed by atoms with E-state index in [0.717, 1.165) is 12.6 Å². The van der Waals surface area contributed by atoms with Crippen LogP contribution in [0.3, 0.4) is 0 Å². The van der Waals surface area contributed by atoms with Gasteiger partial charge in [0, 0.05) is 5.41 Å². The van der Waals surface area contributed by atoms with Crippen LogP contribution in [0.25, 0.3) is 0 Å². The third-order valence-corrected chi connectivity index (χ3v) is 10.0. The highest BCUT2D eigenvalue weighted by Gasteiger charge is 2.49. The lowest BCUT2D eigenvalue weighted by Crippen LogP contribution is -2.40. The van der Waals surface area contributed by atoms with Gasteiger partial charge in [-0.25, -0.2) is 0 Å². The Hall–Kier alpha value is -1.95. The fraction of sp³-hybridized carbons (Fsp3) is 0.357. The molecule has 0 saturated carbocycles. The van der Waals surface area contributed by atoms with Crippen molar-refractivity contribution in [3.05, 3.63) is 91.0 Å². The molecule has 30 heavy (non-hydrogen) atoms. The van der Waals surface area contributed by atoms with Gasteiger partial charge in [-0.15, -0.1) is 0 Å². The van der Waals surface area contributed by atoms with E-state index >= 15 is 0 Å². The molecule has 0 aliphatic rings. The van der Waals surface area contributed by atoms with Crippen LogP contribution in [0, 0.1) is 5.41 Å². The smallest absolute Gasteiger partial charge is 0.112 e. The lowest BCUT2D eigenvalue weighted by molar-refractivity contribution is 0.0380. The van der Waals surface area contributed by atoms with Crippen LogP contribution in [0.5, 0.6) is 0 Å². The zero-order valence-corrected chi connectivity index (χ0v) is 20.4. The Labute approximate surface area is 184 Å². The van der Waals surface area contributed by atoms with E-state index in [0.29, 0.717) is 0 Å². The van der Waals surface area contributed by atoms with Crippen molar-refractivity contribution >= 4 is 23.2 Å². The molecule has 0 aliphatic carbocycles. The van der Waals surface area contributed by atoms with Crippen molar-refractivity contribution in [2.24, 2.45) is 5.41 Å². The van der Waals surface area contributed by atoms with E-state index in [9.17, 15) is 5.11 Å². The molecular formula is C28H38OP+. The number of rotatable bonds is 7. The van der Waals surface area contributed by atoms with Gasteiger partial charge < -0.3 is 5.11 Å². The number of aliphatic hydroxyl groups is 1. The third kappa shape index (κ3) is 6.03. The SMILES string of the molecule is CC.CC(C)(O)CC(C)(C)C[P+](c1ccccc1)(c1ccccc1)c1ccccc1. The summed E-state index contributed by atoms with van der Waals surface area (Å²) >= 11 is 0. The predicted octanol–water partition coefficient (Wildman–Crippen LogP) is 6.19. The maximum absolute atomic E-state index is 10.6. The van der Waals surface area contributed by atoms with Crippen LogP contribution in [0.4, 0.5) is 0 Å². The van der Waals surface area contributed by atoms with Crippen LogP contribution < -0.4 is 15.9 Å². The predicted molar refractivity (Wildman–Crippen MR) is 136 cm³/mol. The molecule has 1 nitrogen and oxygen atoms in total. The molecule has 3 aromatic rings. The molecule has 0 saturated heterocycles. The standard InChI is InChI=1S/C26H32OP.C2H6/c1-25(2,20-26(3,4)27)21-28(22-14-8-5-9-15-22,23-16-10-6-11-17-23)24-18-12-7-13-19-24;1-2/h5-19,27H,20-21H2,1-4H3;1-2H3/q+1;. The van der Waals surface area contributed by atoms with Crippen LogP contribution in [0.1, 0.15) is 48.0 Å². The first-order valence-electron chi connectivity index (χ1n) is 11.0. The fourth-order valence-corrected chi connectivity index (χ4v) is 9.52. The second-order valence-electron chi connectivity index (χ2n) is 9.13. The molecule has 0 aromatic heterocycles. The number of benzene rings is 3. The largest absolute Gasteiger partial charge is 0.390 e. The number of hydrogen-bond donors (Lipinski definition) is 1. The Bertz CT molecular complexity index is 768. The summed E-state index contributed by atoms with van der Waals surface area (Å²) in [5.41, 5.74) is -0.712. The molecule has 0 unspecified atom stereocenters. The van der Waals surface area contributed by atoms with Gasteiger partial charge in [-0.1, -0.05) is 82.3 Å². The molecule has 2 heteroatoms. The summed E-state index contributed by atoms with van der Waals surface area (Å²) in [7, 11) is -1.87. The minimum atomic E-state index is -1.87.